The van der Waals surface area contributed by atoms with Crippen LogP contribution in [-0.2, 0) is 71.5 Å². The molecule has 0 aromatic heterocycles. The summed E-state index contributed by atoms with van der Waals surface area (Å²) in [6, 6.07) is 0. The minimum Gasteiger partial charge on any atom is -0.726 e. The monoisotopic (exact) mass is 1260 g/mol. The fourth-order valence-corrected chi connectivity index (χ4v) is 17.0. The number of rotatable bonds is 20. The molecule has 3 saturated carbocycles. The molecule has 12 N–H and O–H groups in total. The van der Waals surface area contributed by atoms with Crippen LogP contribution in [0.1, 0.15) is 106 Å². The molecule has 9 rings (SSSR count). The Balaban J connectivity index is 0.00000961. The molecule has 0 unspecified atom stereocenters. The molecule has 86 heavy (non-hydrogen) atoms. The number of allylic oxidation sites excluding steroid dienone is 3. The molecule has 5 heterocycles. The number of aliphatic hydroxyl groups excluding tert-OH is 12. The van der Waals surface area contributed by atoms with E-state index < -0.39 is 211 Å². The number of fused-ring (bicyclic) bond motifs is 5. The molecule has 29 atom stereocenters. The summed E-state index contributed by atoms with van der Waals surface area (Å²) < 4.78 is 99.0. The van der Waals surface area contributed by atoms with Gasteiger partial charge in [0.1, 0.15) is 109 Å². The normalized spacial score (nSPS) is 47.9. The summed E-state index contributed by atoms with van der Waals surface area (Å²) in [6.07, 6.45) is -32.0. The molecule has 486 valence electrons. The fourth-order valence-electron chi connectivity index (χ4n) is 16.7. The van der Waals surface area contributed by atoms with E-state index in [2.05, 4.69) is 30.7 Å². The van der Waals surface area contributed by atoms with Crippen molar-refractivity contribution in [2.75, 3.05) is 26.4 Å². The largest absolute Gasteiger partial charge is 1.00 e. The van der Waals surface area contributed by atoms with Gasteiger partial charge in [-0.1, -0.05) is 44.9 Å². The van der Waals surface area contributed by atoms with Crippen LogP contribution in [0.15, 0.2) is 23.8 Å². The zero-order valence-electron chi connectivity index (χ0n) is 49.7. The first kappa shape index (κ1) is 70.4. The topological polar surface area (TPSA) is 436 Å². The van der Waals surface area contributed by atoms with E-state index in [0.717, 1.165) is 12.0 Å². The number of hydrogen-bond donors (Lipinski definition) is 12. The van der Waals surface area contributed by atoms with Crippen molar-refractivity contribution in [1.29, 1.82) is 0 Å². The second-order valence-corrected chi connectivity index (χ2v) is 27.4. The standard InChI is InChI=1S/C56H88O28S.Na/c1-23(2)10-9-15-55(8,84-24(3)60)46-27-18-54(7)26-11-12-32-52(4,5)33(14-16-53(32,6)25(26)13-17-56(46,54)51(70)79-27)80-50-45(42(69)44(30(21-59)77-50)82-48-40(67)37(64)35(62)31(78-48)22-74-85(71,72)73)83-49-41(68)38(65)43(29(20-58)76-49)81-47-39(66)36(63)34(61)28(19-57)75-47;/h11,25,27-50,57-59,61-69H,1,9-10,12-22H2,2-8H3,(H,71,72,73);/q;+1/p-1/t25-,27-,28+,29+,30+,31+,32-,33-,34+,35+,36-,37-,38+,39+,40+,41+,42-,43+,44+,45+,46+,47-,48-,49-,50-,53+,54-,55-,56+;/m0./s1. The predicted octanol–water partition coefficient (Wildman–Crippen LogP) is -5.68. The van der Waals surface area contributed by atoms with Crippen LogP contribution in [0.25, 0.3) is 0 Å². The summed E-state index contributed by atoms with van der Waals surface area (Å²) in [5.41, 5.74) is -1.58. The van der Waals surface area contributed by atoms with Crippen LogP contribution in [0.4, 0.5) is 0 Å². The summed E-state index contributed by atoms with van der Waals surface area (Å²) in [5, 5.41) is 131. The molecule has 0 radical (unpaired) electrons. The van der Waals surface area contributed by atoms with E-state index in [1.54, 1.807) is 0 Å². The molecule has 0 aromatic carbocycles. The summed E-state index contributed by atoms with van der Waals surface area (Å²) in [4.78, 5) is 27.3. The summed E-state index contributed by atoms with van der Waals surface area (Å²) in [6.45, 7) is 13.9. The van der Waals surface area contributed by atoms with Gasteiger partial charge in [0.25, 0.3) is 0 Å². The van der Waals surface area contributed by atoms with Gasteiger partial charge < -0.3 is 113 Å². The van der Waals surface area contributed by atoms with Crippen LogP contribution in [0.5, 0.6) is 0 Å². The van der Waals surface area contributed by atoms with Gasteiger partial charge in [0, 0.05) is 12.3 Å². The number of aliphatic hydroxyl groups is 12. The van der Waals surface area contributed by atoms with Gasteiger partial charge in [0.05, 0.1) is 43.9 Å². The summed E-state index contributed by atoms with van der Waals surface area (Å²) in [7, 11) is -5.37. The van der Waals surface area contributed by atoms with E-state index in [-0.39, 0.29) is 47.4 Å². The van der Waals surface area contributed by atoms with E-state index in [9.17, 15) is 83.8 Å². The van der Waals surface area contributed by atoms with Crippen LogP contribution in [0.2, 0.25) is 0 Å². The maximum absolute atomic E-state index is 14.5. The Labute approximate surface area is 521 Å². The SMILES string of the molecule is C=C(C)CCC[C@](C)(OC(C)=O)[C@H]1[C@@H]2C[C@@]3(C)C4=CC[C@H]5C(C)(C)[C@@H](O[C@@H]6O[C@H](CO)[C@@H](O[C@@H]7O[C@H](COS(=O)(=O)[O-])[C@@H](O)[C@H](O)[C@H]7O)[C@H](O)[C@H]6O[C@@H]6O[C@H](CO)[C@@H](O[C@@H]7O[C@H](CO)[C@@H](O)[C@H](O)[C@H]7O)[C@H](O)[C@H]6O)CC[C@]5(C)[C@H]4CC[C@]13C(=O)O2.[Na+]. The molecule has 5 aliphatic heterocycles. The molecule has 9 aliphatic rings. The number of ether oxygens (including phenoxy) is 10. The van der Waals surface area contributed by atoms with Crippen molar-refractivity contribution < 1.29 is 165 Å². The van der Waals surface area contributed by atoms with Gasteiger partial charge in [0.2, 0.25) is 10.4 Å². The van der Waals surface area contributed by atoms with Crippen LogP contribution in [-0.4, -0.2) is 253 Å². The predicted molar refractivity (Wildman–Crippen MR) is 283 cm³/mol. The molecular formula is C56H87NaO28S. The quantitative estimate of drug-likeness (QED) is 0.0178. The van der Waals surface area contributed by atoms with Crippen LogP contribution < -0.4 is 29.6 Å². The van der Waals surface area contributed by atoms with Crippen LogP contribution in [0, 0.1) is 39.4 Å². The molecule has 30 heteroatoms. The number of carbonyl (C=O) groups is 2. The van der Waals surface area contributed by atoms with Gasteiger partial charge in [-0.2, -0.15) is 0 Å². The fraction of sp³-hybridized carbons (Fsp3) is 0.893. The minimum atomic E-state index is -5.37. The zero-order valence-corrected chi connectivity index (χ0v) is 52.5. The van der Waals surface area contributed by atoms with Crippen molar-refractivity contribution in [3.63, 3.8) is 0 Å². The Morgan fingerprint density at radius 2 is 1.23 bits per heavy atom. The molecule has 28 nitrogen and oxygen atoms in total. The van der Waals surface area contributed by atoms with E-state index in [1.807, 2.05) is 27.7 Å². The number of carbonyl (C=O) groups excluding carboxylic acids is 2. The first-order valence-electron chi connectivity index (χ1n) is 29.3. The molecule has 0 amide bonds. The van der Waals surface area contributed by atoms with E-state index in [1.165, 1.54) is 12.5 Å². The number of hydrogen-bond acceptors (Lipinski definition) is 28. The van der Waals surface area contributed by atoms with Gasteiger partial charge in [-0.05, 0) is 94.3 Å². The third-order valence-electron chi connectivity index (χ3n) is 20.8. The van der Waals surface area contributed by atoms with Crippen LogP contribution in [0.3, 0.4) is 0 Å². The Hall–Kier alpha value is -1.51. The maximum atomic E-state index is 14.5. The van der Waals surface area contributed by atoms with Crippen molar-refractivity contribution in [3.8, 4) is 0 Å². The van der Waals surface area contributed by atoms with Crippen molar-refractivity contribution in [1.82, 2.24) is 0 Å². The van der Waals surface area contributed by atoms with Gasteiger partial charge >= 0.3 is 41.5 Å². The summed E-state index contributed by atoms with van der Waals surface area (Å²) >= 11 is 0. The molecule has 1 spiro atoms. The Kier molecular flexibility index (Phi) is 21.7. The molecule has 5 saturated heterocycles. The van der Waals surface area contributed by atoms with E-state index >= 15 is 0 Å². The first-order valence-corrected chi connectivity index (χ1v) is 30.6. The molecular weight excluding hydrogens is 1180 g/mol. The van der Waals surface area contributed by atoms with Crippen molar-refractivity contribution in [3.05, 3.63) is 23.8 Å². The molecule has 2 bridgehead atoms. The average molecular weight is 1260 g/mol. The Bertz CT molecular complexity index is 2560. The molecule has 8 fully saturated rings. The summed E-state index contributed by atoms with van der Waals surface area (Å²) in [5.74, 6) is -1.23. The maximum Gasteiger partial charge on any atom is 1.00 e. The smallest absolute Gasteiger partial charge is 0.726 e. The van der Waals surface area contributed by atoms with Crippen molar-refractivity contribution in [2.24, 2.45) is 39.4 Å². The average Bonchev–Trinajstić information content (AvgIpc) is 1.45. The van der Waals surface area contributed by atoms with E-state index in [4.69, 9.17) is 47.4 Å². The van der Waals surface area contributed by atoms with Gasteiger partial charge in [-0.25, -0.2) is 8.42 Å². The number of esters is 2. The van der Waals surface area contributed by atoms with E-state index in [0.29, 0.717) is 51.4 Å². The molecule has 0 aromatic rings. The van der Waals surface area contributed by atoms with Crippen LogP contribution >= 0.6 is 0 Å². The van der Waals surface area contributed by atoms with Gasteiger partial charge in [-0.3, -0.25) is 13.8 Å². The molecule has 4 aliphatic carbocycles. The van der Waals surface area contributed by atoms with Crippen molar-refractivity contribution >= 4 is 22.3 Å². The Morgan fingerprint density at radius 1 is 0.709 bits per heavy atom. The van der Waals surface area contributed by atoms with Crippen molar-refractivity contribution in [2.45, 2.75) is 247 Å². The third kappa shape index (κ3) is 12.5. The third-order valence-corrected chi connectivity index (χ3v) is 21.2. The van der Waals surface area contributed by atoms with Gasteiger partial charge in [-0.15, -0.1) is 6.58 Å². The Morgan fingerprint density at radius 3 is 1.79 bits per heavy atom. The zero-order chi connectivity index (χ0) is 62.4. The minimum absolute atomic E-state index is 0. The second-order valence-electron chi connectivity index (χ2n) is 26.3. The first-order chi connectivity index (χ1) is 39.7. The van der Waals surface area contributed by atoms with Gasteiger partial charge in [0.15, 0.2) is 25.2 Å². The second kappa shape index (κ2) is 26.5.